The molecule has 0 unspecified atom stereocenters. The van der Waals surface area contributed by atoms with Crippen LogP contribution in [0, 0.1) is 5.92 Å². The highest BCUT2D eigenvalue weighted by atomic mass is 32.2. The van der Waals surface area contributed by atoms with Crippen molar-refractivity contribution in [3.63, 3.8) is 0 Å². The average molecular weight is 417 g/mol. The van der Waals surface area contributed by atoms with Gasteiger partial charge in [0.25, 0.3) is 10.0 Å². The molecule has 0 radical (unpaired) electrons. The molecule has 7 heteroatoms. The van der Waals surface area contributed by atoms with Crippen molar-refractivity contribution in [3.05, 3.63) is 48.5 Å². The van der Waals surface area contributed by atoms with Gasteiger partial charge in [0.1, 0.15) is 5.75 Å². The predicted octanol–water partition coefficient (Wildman–Crippen LogP) is 4.43. The molecule has 1 aliphatic rings. The smallest absolute Gasteiger partial charge is 0.264 e. The van der Waals surface area contributed by atoms with Crippen LogP contribution >= 0.6 is 0 Å². The summed E-state index contributed by atoms with van der Waals surface area (Å²) in [6.45, 7) is 2.09. The van der Waals surface area contributed by atoms with E-state index in [1.54, 1.807) is 37.3 Å². The highest BCUT2D eigenvalue weighted by Gasteiger charge is 2.26. The molecule has 2 aromatic carbocycles. The van der Waals surface area contributed by atoms with Crippen LogP contribution in [-0.4, -0.2) is 28.0 Å². The average Bonchev–Trinajstić information content (AvgIpc) is 2.75. The molecule has 0 aromatic heterocycles. The Bertz CT molecular complexity index is 939. The van der Waals surface area contributed by atoms with E-state index in [1.807, 2.05) is 6.07 Å². The first-order chi connectivity index (χ1) is 14.0. The first kappa shape index (κ1) is 21.2. The molecule has 2 aromatic rings. The highest BCUT2D eigenvalue weighted by molar-refractivity contribution is 7.92. The molecule has 1 aliphatic carbocycles. The zero-order valence-electron chi connectivity index (χ0n) is 16.9. The van der Waals surface area contributed by atoms with Gasteiger partial charge >= 0.3 is 0 Å². The Labute approximate surface area is 172 Å². The number of sulfonamides is 1. The number of amides is 1. The summed E-state index contributed by atoms with van der Waals surface area (Å²) < 4.78 is 33.2. The molecule has 0 spiro atoms. The lowest BCUT2D eigenvalue weighted by Gasteiger charge is -2.24. The number of benzene rings is 2. The predicted molar refractivity (Wildman–Crippen MR) is 115 cm³/mol. The Kier molecular flexibility index (Phi) is 6.79. The Morgan fingerprint density at radius 2 is 1.79 bits per heavy atom. The van der Waals surface area contributed by atoms with Gasteiger partial charge in [0.2, 0.25) is 5.91 Å². The minimum absolute atomic E-state index is 0.0369. The van der Waals surface area contributed by atoms with Crippen LogP contribution in [0.15, 0.2) is 53.4 Å². The topological polar surface area (TPSA) is 75.7 Å². The summed E-state index contributed by atoms with van der Waals surface area (Å²) in [5.41, 5.74) is 0.979. The number of hydrogen-bond donors (Lipinski definition) is 1. The molecular weight excluding hydrogens is 388 g/mol. The third-order valence-electron chi connectivity index (χ3n) is 5.32. The van der Waals surface area contributed by atoms with Crippen LogP contribution in [0.1, 0.15) is 39.0 Å². The summed E-state index contributed by atoms with van der Waals surface area (Å²) in [5.74, 6) is 0.328. The first-order valence-electron chi connectivity index (χ1n) is 10.0. The number of nitrogens with one attached hydrogen (secondary N) is 1. The fourth-order valence-corrected chi connectivity index (χ4v) is 5.26. The Morgan fingerprint density at radius 1 is 1.10 bits per heavy atom. The van der Waals surface area contributed by atoms with E-state index in [0.717, 1.165) is 32.1 Å². The normalized spacial score (nSPS) is 15.0. The van der Waals surface area contributed by atoms with Crippen molar-refractivity contribution >= 4 is 27.3 Å². The van der Waals surface area contributed by atoms with E-state index in [4.69, 9.17) is 4.74 Å². The first-order valence-corrected chi connectivity index (χ1v) is 11.5. The Hall–Kier alpha value is -2.54. The zero-order valence-corrected chi connectivity index (χ0v) is 17.7. The van der Waals surface area contributed by atoms with E-state index >= 15 is 0 Å². The summed E-state index contributed by atoms with van der Waals surface area (Å²) in [5, 5.41) is 2.89. The van der Waals surface area contributed by atoms with Gasteiger partial charge in [-0.05, 0) is 50.1 Å². The second-order valence-electron chi connectivity index (χ2n) is 7.19. The lowest BCUT2D eigenvalue weighted by Crippen LogP contribution is -2.31. The molecule has 1 saturated carbocycles. The lowest BCUT2D eigenvalue weighted by molar-refractivity contribution is -0.120. The molecule has 156 valence electrons. The van der Waals surface area contributed by atoms with Crippen LogP contribution in [0.4, 0.5) is 11.4 Å². The van der Waals surface area contributed by atoms with Crippen LogP contribution < -0.4 is 14.4 Å². The number of anilines is 2. The van der Waals surface area contributed by atoms with Crippen molar-refractivity contribution in [2.75, 3.05) is 23.3 Å². The molecule has 0 bridgehead atoms. The van der Waals surface area contributed by atoms with Gasteiger partial charge in [0, 0.05) is 12.5 Å². The number of ether oxygens (including phenoxy) is 1. The van der Waals surface area contributed by atoms with Crippen LogP contribution in [0.5, 0.6) is 5.75 Å². The van der Waals surface area contributed by atoms with Gasteiger partial charge in [-0.15, -0.1) is 0 Å². The van der Waals surface area contributed by atoms with Crippen LogP contribution in [0.2, 0.25) is 0 Å². The molecule has 1 N–H and O–H groups in total. The van der Waals surface area contributed by atoms with Gasteiger partial charge in [-0.25, -0.2) is 8.42 Å². The summed E-state index contributed by atoms with van der Waals surface area (Å²) in [4.78, 5) is 12.8. The van der Waals surface area contributed by atoms with Gasteiger partial charge in [-0.1, -0.05) is 37.5 Å². The number of rotatable bonds is 7. The van der Waals surface area contributed by atoms with Crippen molar-refractivity contribution in [3.8, 4) is 5.75 Å². The molecule has 0 atom stereocenters. The van der Waals surface area contributed by atoms with Crippen LogP contribution in [0.3, 0.4) is 0 Å². The standard InChI is InChI=1S/C22H28N2O4S/c1-3-24(18-12-8-5-9-13-18)29(26,27)19-14-15-21(28-2)20(16-19)23-22(25)17-10-6-4-7-11-17/h5,8-9,12-17H,3-4,6-7,10-11H2,1-2H3,(H,23,25). The zero-order chi connectivity index (χ0) is 20.9. The van der Waals surface area contributed by atoms with Crippen LogP contribution in [0.25, 0.3) is 0 Å². The second-order valence-corrected chi connectivity index (χ2v) is 9.05. The van der Waals surface area contributed by atoms with Gasteiger partial charge in [0.05, 0.1) is 23.4 Å². The number of hydrogen-bond acceptors (Lipinski definition) is 4. The fourth-order valence-electron chi connectivity index (χ4n) is 3.76. The lowest BCUT2D eigenvalue weighted by atomic mass is 9.88. The summed E-state index contributed by atoms with van der Waals surface area (Å²) in [6.07, 6.45) is 4.99. The van der Waals surface area contributed by atoms with E-state index in [2.05, 4.69) is 5.32 Å². The van der Waals surface area contributed by atoms with Crippen molar-refractivity contribution in [1.82, 2.24) is 0 Å². The number of carbonyl (C=O) groups excluding carboxylic acids is 1. The largest absolute Gasteiger partial charge is 0.495 e. The fraction of sp³-hybridized carbons (Fsp3) is 0.409. The maximum Gasteiger partial charge on any atom is 0.264 e. The quantitative estimate of drug-likeness (QED) is 0.724. The number of nitrogens with zero attached hydrogens (tertiary/aromatic N) is 1. The maximum atomic E-state index is 13.3. The molecule has 0 heterocycles. The number of carbonyl (C=O) groups is 1. The molecule has 1 fully saturated rings. The van der Waals surface area contributed by atoms with Gasteiger partial charge in [0.15, 0.2) is 0 Å². The van der Waals surface area contributed by atoms with Gasteiger partial charge < -0.3 is 10.1 Å². The second kappa shape index (κ2) is 9.31. The summed E-state index contributed by atoms with van der Waals surface area (Å²) in [6, 6.07) is 13.6. The minimum atomic E-state index is -3.79. The van der Waals surface area contributed by atoms with Gasteiger partial charge in [-0.3, -0.25) is 9.10 Å². The van der Waals surface area contributed by atoms with Crippen LogP contribution in [-0.2, 0) is 14.8 Å². The minimum Gasteiger partial charge on any atom is -0.495 e. The third-order valence-corrected chi connectivity index (χ3v) is 7.22. The molecule has 6 nitrogen and oxygen atoms in total. The summed E-state index contributed by atoms with van der Waals surface area (Å²) >= 11 is 0. The highest BCUT2D eigenvalue weighted by Crippen LogP contribution is 2.32. The van der Waals surface area contributed by atoms with Gasteiger partial charge in [-0.2, -0.15) is 0 Å². The van der Waals surface area contributed by atoms with E-state index in [1.165, 1.54) is 23.5 Å². The Balaban J connectivity index is 1.91. The van der Waals surface area contributed by atoms with Crippen molar-refractivity contribution in [2.45, 2.75) is 43.9 Å². The van der Waals surface area contributed by atoms with E-state index in [0.29, 0.717) is 23.7 Å². The van der Waals surface area contributed by atoms with E-state index < -0.39 is 10.0 Å². The number of methoxy groups -OCH3 is 1. The molecule has 0 saturated heterocycles. The summed E-state index contributed by atoms with van der Waals surface area (Å²) in [7, 11) is -2.28. The third kappa shape index (κ3) is 4.72. The maximum absolute atomic E-state index is 13.3. The monoisotopic (exact) mass is 416 g/mol. The Morgan fingerprint density at radius 3 is 2.41 bits per heavy atom. The SMILES string of the molecule is CCN(c1ccccc1)S(=O)(=O)c1ccc(OC)c(NC(=O)C2CCCCC2)c1. The number of para-hydroxylation sites is 1. The molecule has 3 rings (SSSR count). The van der Waals surface area contributed by atoms with E-state index in [-0.39, 0.29) is 16.7 Å². The van der Waals surface area contributed by atoms with E-state index in [9.17, 15) is 13.2 Å². The van der Waals surface area contributed by atoms with Crippen molar-refractivity contribution in [1.29, 1.82) is 0 Å². The molecule has 29 heavy (non-hydrogen) atoms. The molecule has 0 aliphatic heterocycles. The van der Waals surface area contributed by atoms with Crippen molar-refractivity contribution < 1.29 is 17.9 Å². The molecular formula is C22H28N2O4S. The molecule has 1 amide bonds. The van der Waals surface area contributed by atoms with Crippen molar-refractivity contribution in [2.24, 2.45) is 5.92 Å².